The molecule has 0 aromatic carbocycles. The van der Waals surface area contributed by atoms with Crippen LogP contribution in [0, 0.1) is 12.8 Å². The highest BCUT2D eigenvalue weighted by atomic mass is 16.2. The summed E-state index contributed by atoms with van der Waals surface area (Å²) in [6.45, 7) is 7.95. The fourth-order valence-corrected chi connectivity index (χ4v) is 2.42. The lowest BCUT2D eigenvalue weighted by Crippen LogP contribution is -2.55. The number of hydrogen-bond donors (Lipinski definition) is 3. The molecular formula is C18H25N5O2. The number of pyridine rings is 1. The van der Waals surface area contributed by atoms with Crippen LogP contribution in [0.5, 0.6) is 0 Å². The van der Waals surface area contributed by atoms with Crippen LogP contribution < -0.4 is 16.6 Å². The smallest absolute Gasteiger partial charge is 0.255 e. The predicted octanol–water partition coefficient (Wildman–Crippen LogP) is 1.17. The number of carbonyl (C=O) groups excluding carboxylic acids is 1. The van der Waals surface area contributed by atoms with Gasteiger partial charge in [-0.05, 0) is 31.9 Å². The highest BCUT2D eigenvalue weighted by molar-refractivity contribution is 5.79. The second kappa shape index (κ2) is 7.57. The molecule has 7 nitrogen and oxygen atoms in total. The van der Waals surface area contributed by atoms with Crippen molar-refractivity contribution in [1.29, 1.82) is 0 Å². The number of aryl methyl sites for hydroxylation is 1. The minimum Gasteiger partial charge on any atom is -0.349 e. The quantitative estimate of drug-likeness (QED) is 0.728. The van der Waals surface area contributed by atoms with Gasteiger partial charge in [0.05, 0.1) is 12.0 Å². The molecule has 0 radical (unpaired) electrons. The van der Waals surface area contributed by atoms with E-state index in [0.717, 1.165) is 5.56 Å². The molecule has 0 bridgehead atoms. The first kappa shape index (κ1) is 18.8. The second-order valence-electron chi connectivity index (χ2n) is 6.72. The number of amides is 1. The third-order valence-electron chi connectivity index (χ3n) is 4.64. The van der Waals surface area contributed by atoms with Crippen LogP contribution in [0.25, 0.3) is 11.4 Å². The number of nitrogens with one attached hydrogen (secondary N) is 2. The van der Waals surface area contributed by atoms with Crippen molar-refractivity contribution in [3.63, 3.8) is 0 Å². The topological polar surface area (TPSA) is 114 Å². The van der Waals surface area contributed by atoms with Gasteiger partial charge in [-0.3, -0.25) is 14.6 Å². The van der Waals surface area contributed by atoms with E-state index in [1.54, 1.807) is 31.5 Å². The molecule has 2 rings (SSSR count). The van der Waals surface area contributed by atoms with Gasteiger partial charge < -0.3 is 16.0 Å². The van der Waals surface area contributed by atoms with Gasteiger partial charge in [0.2, 0.25) is 5.91 Å². The van der Waals surface area contributed by atoms with Crippen LogP contribution >= 0.6 is 0 Å². The fraction of sp³-hybridized carbons (Fsp3) is 0.444. The monoisotopic (exact) mass is 343 g/mol. The van der Waals surface area contributed by atoms with E-state index in [1.807, 2.05) is 20.8 Å². The summed E-state index contributed by atoms with van der Waals surface area (Å²) in [5.41, 5.74) is 6.63. The van der Waals surface area contributed by atoms with Crippen molar-refractivity contribution < 1.29 is 4.79 Å². The van der Waals surface area contributed by atoms with Crippen LogP contribution in [0.4, 0.5) is 0 Å². The molecule has 2 aromatic heterocycles. The van der Waals surface area contributed by atoms with Crippen LogP contribution in [-0.4, -0.2) is 32.9 Å². The lowest BCUT2D eigenvalue weighted by Gasteiger charge is -2.33. The number of carbonyl (C=O) groups is 1. The van der Waals surface area contributed by atoms with E-state index in [-0.39, 0.29) is 23.8 Å². The zero-order valence-corrected chi connectivity index (χ0v) is 15.1. The largest absolute Gasteiger partial charge is 0.349 e. The third-order valence-corrected chi connectivity index (χ3v) is 4.64. The average Bonchev–Trinajstić information content (AvgIpc) is 2.58. The molecule has 0 aliphatic carbocycles. The molecule has 134 valence electrons. The van der Waals surface area contributed by atoms with Crippen molar-refractivity contribution in [3.8, 4) is 11.4 Å². The third kappa shape index (κ3) is 4.30. The number of nitrogens with two attached hydrogens (primary N) is 1. The van der Waals surface area contributed by atoms with E-state index in [4.69, 9.17) is 5.73 Å². The number of aromatic amines is 1. The van der Waals surface area contributed by atoms with Gasteiger partial charge in [0.15, 0.2) is 0 Å². The molecule has 25 heavy (non-hydrogen) atoms. The van der Waals surface area contributed by atoms with Gasteiger partial charge in [-0.1, -0.05) is 13.8 Å². The van der Waals surface area contributed by atoms with Gasteiger partial charge in [-0.2, -0.15) is 0 Å². The van der Waals surface area contributed by atoms with Crippen molar-refractivity contribution in [2.24, 2.45) is 11.7 Å². The van der Waals surface area contributed by atoms with Crippen molar-refractivity contribution in [3.05, 3.63) is 46.1 Å². The predicted molar refractivity (Wildman–Crippen MR) is 97.0 cm³/mol. The van der Waals surface area contributed by atoms with E-state index in [9.17, 15) is 9.59 Å². The summed E-state index contributed by atoms with van der Waals surface area (Å²) in [4.78, 5) is 35.9. The summed E-state index contributed by atoms with van der Waals surface area (Å²) in [6.07, 6.45) is 3.23. The van der Waals surface area contributed by atoms with Gasteiger partial charge in [-0.15, -0.1) is 0 Å². The van der Waals surface area contributed by atoms with Crippen molar-refractivity contribution in [2.75, 3.05) is 6.54 Å². The Morgan fingerprint density at radius 1 is 1.36 bits per heavy atom. The highest BCUT2D eigenvalue weighted by Gasteiger charge is 2.29. The molecular weight excluding hydrogens is 318 g/mol. The van der Waals surface area contributed by atoms with Crippen LogP contribution in [0.1, 0.15) is 32.0 Å². The molecule has 1 amide bonds. The zero-order valence-electron chi connectivity index (χ0n) is 15.1. The van der Waals surface area contributed by atoms with Crippen molar-refractivity contribution in [2.45, 2.75) is 39.7 Å². The maximum Gasteiger partial charge on any atom is 0.255 e. The molecule has 2 aromatic rings. The first-order valence-electron chi connectivity index (χ1n) is 8.28. The maximum absolute atomic E-state index is 12.4. The van der Waals surface area contributed by atoms with E-state index in [0.29, 0.717) is 23.6 Å². The minimum absolute atomic E-state index is 0.0346. The summed E-state index contributed by atoms with van der Waals surface area (Å²) < 4.78 is 0. The van der Waals surface area contributed by atoms with Crippen molar-refractivity contribution in [1.82, 2.24) is 20.3 Å². The Bertz CT molecular complexity index is 801. The van der Waals surface area contributed by atoms with Crippen molar-refractivity contribution >= 4 is 5.91 Å². The molecule has 0 aliphatic rings. The molecule has 2 heterocycles. The first-order valence-corrected chi connectivity index (χ1v) is 8.28. The zero-order chi connectivity index (χ0) is 18.6. The highest BCUT2D eigenvalue weighted by Crippen LogP contribution is 2.16. The Labute approximate surface area is 147 Å². The van der Waals surface area contributed by atoms with Crippen LogP contribution in [0.2, 0.25) is 0 Å². The summed E-state index contributed by atoms with van der Waals surface area (Å²) in [5.74, 6) is 0.393. The van der Waals surface area contributed by atoms with E-state index < -0.39 is 5.54 Å². The van der Waals surface area contributed by atoms with Crippen LogP contribution in [-0.2, 0) is 11.2 Å². The molecule has 0 fully saturated rings. The maximum atomic E-state index is 12.4. The Hall–Kier alpha value is -2.54. The van der Waals surface area contributed by atoms with Crippen LogP contribution in [0.3, 0.4) is 0 Å². The number of nitrogens with zero attached hydrogens (tertiary/aromatic N) is 2. The average molecular weight is 343 g/mol. The van der Waals surface area contributed by atoms with E-state index in [1.165, 1.54) is 0 Å². The molecule has 0 aliphatic heterocycles. The Morgan fingerprint density at radius 2 is 2.00 bits per heavy atom. The number of H-pyrrole nitrogens is 1. The second-order valence-corrected chi connectivity index (χ2v) is 6.72. The number of rotatable bonds is 6. The summed E-state index contributed by atoms with van der Waals surface area (Å²) in [7, 11) is 0. The Balaban J connectivity index is 2.24. The minimum atomic E-state index is -0.512. The molecule has 4 N–H and O–H groups in total. The van der Waals surface area contributed by atoms with Gasteiger partial charge in [0, 0.05) is 35.8 Å². The lowest BCUT2D eigenvalue weighted by atomic mass is 9.88. The Kier molecular flexibility index (Phi) is 5.69. The molecule has 7 heteroatoms. The molecule has 0 saturated carbocycles. The fourth-order valence-electron chi connectivity index (χ4n) is 2.42. The van der Waals surface area contributed by atoms with Gasteiger partial charge >= 0.3 is 0 Å². The molecule has 1 atom stereocenters. The van der Waals surface area contributed by atoms with Gasteiger partial charge in [0.25, 0.3) is 5.56 Å². The lowest BCUT2D eigenvalue weighted by molar-refractivity contribution is -0.122. The standard InChI is InChI=1S/C18H25N5O2/c1-11(2)18(4,10-19)23-15(24)9-14-12(3)21-16(22-17(14)25)13-5-7-20-8-6-13/h5-8,11H,9-10,19H2,1-4H3,(H,23,24)(H,21,22,25). The number of aromatic nitrogens is 3. The molecule has 0 spiro atoms. The summed E-state index contributed by atoms with van der Waals surface area (Å²) in [6, 6.07) is 3.53. The summed E-state index contributed by atoms with van der Waals surface area (Å²) in [5, 5.41) is 2.94. The summed E-state index contributed by atoms with van der Waals surface area (Å²) >= 11 is 0. The van der Waals surface area contributed by atoms with Gasteiger partial charge in [-0.25, -0.2) is 4.98 Å². The SMILES string of the molecule is Cc1nc(-c2ccncc2)[nH]c(=O)c1CC(=O)NC(C)(CN)C(C)C. The molecule has 0 saturated heterocycles. The van der Waals surface area contributed by atoms with Crippen LogP contribution in [0.15, 0.2) is 29.3 Å². The Morgan fingerprint density at radius 3 is 2.52 bits per heavy atom. The first-order chi connectivity index (χ1) is 11.8. The number of hydrogen-bond acceptors (Lipinski definition) is 5. The van der Waals surface area contributed by atoms with Gasteiger partial charge in [0.1, 0.15) is 5.82 Å². The normalized spacial score (nSPS) is 13.5. The van der Waals surface area contributed by atoms with E-state index in [2.05, 4.69) is 20.3 Å². The van der Waals surface area contributed by atoms with E-state index >= 15 is 0 Å². The molecule has 1 unspecified atom stereocenters.